The van der Waals surface area contributed by atoms with Gasteiger partial charge in [-0.05, 0) is 36.4 Å². The first kappa shape index (κ1) is 25.7. The molecule has 0 radical (unpaired) electrons. The number of ether oxygens (including phenoxy) is 1. The number of aromatic nitrogens is 3. The van der Waals surface area contributed by atoms with E-state index < -0.39 is 17.3 Å². The minimum absolute atomic E-state index is 0.0740. The van der Waals surface area contributed by atoms with Crippen LogP contribution in [-0.2, 0) is 4.74 Å². The number of esters is 1. The number of rotatable bonds is 6. The summed E-state index contributed by atoms with van der Waals surface area (Å²) >= 11 is 13.4. The molecule has 0 spiro atoms. The van der Waals surface area contributed by atoms with E-state index in [1.165, 1.54) is 30.6 Å². The molecule has 3 aromatic carbocycles. The smallest absolute Gasteiger partial charge is 0.362 e. The molecule has 192 valence electrons. The first-order valence-corrected chi connectivity index (χ1v) is 12.7. The molecule has 0 aliphatic heterocycles. The summed E-state index contributed by atoms with van der Waals surface area (Å²) in [5.41, 5.74) is 2.81. The lowest BCUT2D eigenvalue weighted by molar-refractivity contribution is 0.0592. The van der Waals surface area contributed by atoms with Crippen LogP contribution in [0.2, 0.25) is 10.0 Å². The fraction of sp³-hybridized carbons (Fsp3) is 0.0769. The van der Waals surface area contributed by atoms with Crippen LogP contribution in [-0.4, -0.2) is 35.1 Å². The van der Waals surface area contributed by atoms with E-state index in [0.29, 0.717) is 38.8 Å². The van der Waals surface area contributed by atoms with E-state index in [9.17, 15) is 14.0 Å². The Morgan fingerprint density at radius 3 is 2.61 bits per heavy atom. The number of hydrogen-bond acceptors (Lipinski definition) is 8. The number of nitrogens with one attached hydrogen (secondary N) is 2. The molecule has 0 fully saturated rings. The first-order chi connectivity index (χ1) is 18.2. The van der Waals surface area contributed by atoms with Crippen molar-refractivity contribution in [2.24, 2.45) is 0 Å². The van der Waals surface area contributed by atoms with Crippen molar-refractivity contribution in [3.8, 4) is 11.3 Å². The zero-order valence-electron chi connectivity index (χ0n) is 19.9. The lowest BCUT2D eigenvalue weighted by Crippen LogP contribution is -2.21. The van der Waals surface area contributed by atoms with Crippen molar-refractivity contribution in [2.45, 2.75) is 0 Å². The second-order valence-electron chi connectivity index (χ2n) is 8.10. The fourth-order valence-corrected chi connectivity index (χ4v) is 5.02. The van der Waals surface area contributed by atoms with Gasteiger partial charge in [-0.25, -0.2) is 19.2 Å². The number of H-pyrrole nitrogens is 1. The monoisotopic (exact) mass is 569 g/mol. The molecule has 8 nitrogen and oxygen atoms in total. The number of halogens is 3. The first-order valence-electron chi connectivity index (χ1n) is 11.1. The third-order valence-electron chi connectivity index (χ3n) is 5.72. The molecule has 0 saturated heterocycles. The molecule has 38 heavy (non-hydrogen) atoms. The number of aromatic amines is 1. The summed E-state index contributed by atoms with van der Waals surface area (Å²) < 4.78 is 18.8. The fourth-order valence-electron chi connectivity index (χ4n) is 3.81. The van der Waals surface area contributed by atoms with Gasteiger partial charge >= 0.3 is 5.97 Å². The zero-order valence-corrected chi connectivity index (χ0v) is 22.2. The Balaban J connectivity index is 1.60. The second kappa shape index (κ2) is 10.4. The molecular weight excluding hydrogens is 552 g/mol. The number of para-hydroxylation sites is 1. The predicted molar refractivity (Wildman–Crippen MR) is 149 cm³/mol. The molecule has 0 aliphatic carbocycles. The van der Waals surface area contributed by atoms with Crippen molar-refractivity contribution in [3.63, 3.8) is 0 Å². The van der Waals surface area contributed by atoms with Gasteiger partial charge in [0, 0.05) is 23.7 Å². The van der Waals surface area contributed by atoms with Crippen LogP contribution in [0.25, 0.3) is 22.3 Å². The SMILES string of the molecule is COC(=O)c1nc2cc(N(C)c3ccccc3)c(Nc3nc(-c4cc(F)c(Cl)cc4Cl)cs3)cc2[nH]c1=O. The quantitative estimate of drug-likeness (QED) is 0.171. The van der Waals surface area contributed by atoms with E-state index in [1.54, 1.807) is 17.5 Å². The molecule has 5 rings (SSSR count). The van der Waals surface area contributed by atoms with Crippen LogP contribution in [0.15, 0.2) is 64.8 Å². The predicted octanol–water partition coefficient (Wildman–Crippen LogP) is 6.79. The van der Waals surface area contributed by atoms with E-state index in [0.717, 1.165) is 5.69 Å². The van der Waals surface area contributed by atoms with Gasteiger partial charge in [0.05, 0.1) is 45.3 Å². The minimum atomic E-state index is -0.832. The Bertz CT molecular complexity index is 1740. The van der Waals surface area contributed by atoms with Crippen molar-refractivity contribution in [1.29, 1.82) is 0 Å². The van der Waals surface area contributed by atoms with Gasteiger partial charge in [0.25, 0.3) is 5.56 Å². The van der Waals surface area contributed by atoms with Crippen molar-refractivity contribution >= 4 is 73.7 Å². The average molecular weight is 570 g/mol. The van der Waals surface area contributed by atoms with Gasteiger partial charge in [0.15, 0.2) is 5.13 Å². The van der Waals surface area contributed by atoms with E-state index in [-0.39, 0.29) is 15.7 Å². The second-order valence-corrected chi connectivity index (χ2v) is 9.77. The molecule has 2 heterocycles. The summed E-state index contributed by atoms with van der Waals surface area (Å²) in [6.45, 7) is 0. The van der Waals surface area contributed by atoms with E-state index >= 15 is 0 Å². The number of hydrogen-bond donors (Lipinski definition) is 2. The molecule has 0 bridgehead atoms. The van der Waals surface area contributed by atoms with Gasteiger partial charge in [-0.2, -0.15) is 0 Å². The summed E-state index contributed by atoms with van der Waals surface area (Å²) in [6, 6.07) is 15.6. The number of carbonyl (C=O) groups excluding carboxylic acids is 1. The Labute approximate surface area is 229 Å². The van der Waals surface area contributed by atoms with Gasteiger partial charge in [0.1, 0.15) is 5.82 Å². The van der Waals surface area contributed by atoms with Crippen LogP contribution in [0.4, 0.5) is 26.6 Å². The molecular formula is C26H18Cl2FN5O3S. The van der Waals surface area contributed by atoms with E-state index in [1.807, 2.05) is 42.3 Å². The highest BCUT2D eigenvalue weighted by molar-refractivity contribution is 7.14. The largest absolute Gasteiger partial charge is 0.464 e. The molecule has 0 aliphatic rings. The minimum Gasteiger partial charge on any atom is -0.464 e. The van der Waals surface area contributed by atoms with Crippen LogP contribution in [0.3, 0.4) is 0 Å². The lowest BCUT2D eigenvalue weighted by atomic mass is 10.1. The Morgan fingerprint density at radius 2 is 1.87 bits per heavy atom. The Morgan fingerprint density at radius 1 is 1.11 bits per heavy atom. The van der Waals surface area contributed by atoms with E-state index in [4.69, 9.17) is 23.2 Å². The highest BCUT2D eigenvalue weighted by atomic mass is 35.5. The molecule has 0 unspecified atom stereocenters. The molecule has 0 amide bonds. The third-order valence-corrected chi connectivity index (χ3v) is 7.08. The van der Waals surface area contributed by atoms with Gasteiger partial charge in [-0.15, -0.1) is 11.3 Å². The zero-order chi connectivity index (χ0) is 27.0. The van der Waals surface area contributed by atoms with Gasteiger partial charge < -0.3 is 19.9 Å². The number of thiazole rings is 1. The third kappa shape index (κ3) is 4.93. The number of methoxy groups -OCH3 is 1. The molecule has 0 saturated carbocycles. The topological polar surface area (TPSA) is 100 Å². The number of fused-ring (bicyclic) bond motifs is 1. The van der Waals surface area contributed by atoms with Crippen LogP contribution in [0, 0.1) is 5.82 Å². The number of nitrogens with zero attached hydrogens (tertiary/aromatic N) is 3. The Hall–Kier alpha value is -3.99. The number of anilines is 4. The van der Waals surface area contributed by atoms with Crippen LogP contribution in [0.5, 0.6) is 0 Å². The number of benzene rings is 3. The van der Waals surface area contributed by atoms with Gasteiger partial charge in [-0.1, -0.05) is 41.4 Å². The normalized spacial score (nSPS) is 11.0. The van der Waals surface area contributed by atoms with Gasteiger partial charge in [0.2, 0.25) is 5.69 Å². The molecule has 12 heteroatoms. The maximum Gasteiger partial charge on any atom is 0.362 e. The van der Waals surface area contributed by atoms with Crippen LogP contribution in [0.1, 0.15) is 10.5 Å². The number of carbonyl (C=O) groups is 1. The highest BCUT2D eigenvalue weighted by Gasteiger charge is 2.19. The van der Waals surface area contributed by atoms with Crippen LogP contribution >= 0.6 is 34.5 Å². The summed E-state index contributed by atoms with van der Waals surface area (Å²) in [6.07, 6.45) is 0. The van der Waals surface area contributed by atoms with E-state index in [2.05, 4.69) is 25.0 Å². The van der Waals surface area contributed by atoms with Crippen LogP contribution < -0.4 is 15.8 Å². The van der Waals surface area contributed by atoms with Crippen molar-refractivity contribution in [3.05, 3.63) is 91.9 Å². The molecule has 5 aromatic rings. The molecule has 2 N–H and O–H groups in total. The summed E-state index contributed by atoms with van der Waals surface area (Å²) in [4.78, 5) is 37.9. The maximum atomic E-state index is 14.1. The Kier molecular flexibility index (Phi) is 7.02. The summed E-state index contributed by atoms with van der Waals surface area (Å²) in [7, 11) is 3.06. The van der Waals surface area contributed by atoms with Crippen molar-refractivity contribution in [1.82, 2.24) is 15.0 Å². The molecule has 2 aromatic heterocycles. The molecule has 0 atom stereocenters. The lowest BCUT2D eigenvalue weighted by Gasteiger charge is -2.23. The summed E-state index contributed by atoms with van der Waals surface area (Å²) in [5.74, 6) is -1.43. The standard InChI is InChI=1S/C26H18Cl2FN5O3S/c1-34(13-6-4-3-5-7-13)22-11-19-18(31-24(35)23(30-19)25(36)37-2)10-20(22)32-26-33-21(12-38-26)14-8-17(29)16(28)9-15(14)27/h3-12H,1-2H3,(H,31,35)(H,32,33). The highest BCUT2D eigenvalue weighted by Crippen LogP contribution is 2.38. The van der Waals surface area contributed by atoms with Gasteiger partial charge in [-0.3, -0.25) is 4.79 Å². The van der Waals surface area contributed by atoms with Crippen molar-refractivity contribution in [2.75, 3.05) is 24.4 Å². The average Bonchev–Trinajstić information content (AvgIpc) is 3.38. The van der Waals surface area contributed by atoms with Crippen molar-refractivity contribution < 1.29 is 13.9 Å². The maximum absolute atomic E-state index is 14.1. The summed E-state index contributed by atoms with van der Waals surface area (Å²) in [5, 5.41) is 5.71.